The molecule has 0 aromatic heterocycles. The largest absolute Gasteiger partial charge is 0.445 e. The minimum absolute atomic E-state index is 0.696. The highest BCUT2D eigenvalue weighted by atomic mass is 16.7. The molecule has 0 amide bonds. The van der Waals surface area contributed by atoms with Crippen LogP contribution < -0.4 is 11.6 Å². The Labute approximate surface area is 55.5 Å². The van der Waals surface area contributed by atoms with Crippen molar-refractivity contribution in [1.82, 2.24) is 0 Å². The van der Waals surface area contributed by atoms with E-state index in [1.54, 1.807) is 0 Å². The molecule has 0 aliphatic heterocycles. The molecular weight excluding hydrogens is 142 g/mol. The summed E-state index contributed by atoms with van der Waals surface area (Å²) in [6.07, 6.45) is 0.696. The Hall–Kier alpha value is -1.63. The van der Waals surface area contributed by atoms with E-state index < -0.39 is 11.9 Å². The molecule has 0 aliphatic rings. The van der Waals surface area contributed by atoms with Crippen molar-refractivity contribution in [3.63, 3.8) is 0 Å². The fourth-order valence-corrected chi connectivity index (χ4v) is 0.164. The number of oxime groups is 1. The normalized spacial score (nSPS) is 9.30. The molecule has 0 aliphatic carbocycles. The van der Waals surface area contributed by atoms with Gasteiger partial charge in [-0.1, -0.05) is 5.16 Å². The van der Waals surface area contributed by atoms with Crippen molar-refractivity contribution >= 4 is 18.3 Å². The zero-order valence-electron chi connectivity index (χ0n) is 4.81. The lowest BCUT2D eigenvalue weighted by atomic mass is 10.7. The van der Waals surface area contributed by atoms with Gasteiger partial charge in [0.15, 0.2) is 0 Å². The maximum Gasteiger partial charge on any atom is 0.445 e. The van der Waals surface area contributed by atoms with E-state index in [-0.39, 0.29) is 0 Å². The Balaban J connectivity index is 3.74. The first-order chi connectivity index (χ1) is 4.72. The van der Waals surface area contributed by atoms with Crippen molar-refractivity contribution in [2.75, 3.05) is 0 Å². The lowest BCUT2D eigenvalue weighted by Crippen LogP contribution is -2.21. The third-order valence-corrected chi connectivity index (χ3v) is 0.470. The molecule has 7 nitrogen and oxygen atoms in total. The summed E-state index contributed by atoms with van der Waals surface area (Å²) >= 11 is 0. The third kappa shape index (κ3) is 2.62. The first-order valence-corrected chi connectivity index (χ1v) is 2.08. The number of hydrogen-bond donors (Lipinski definition) is 2. The quantitative estimate of drug-likeness (QED) is 0.143. The van der Waals surface area contributed by atoms with Gasteiger partial charge < -0.3 is 15.4 Å². The summed E-state index contributed by atoms with van der Waals surface area (Å²) in [6, 6.07) is 0. The summed E-state index contributed by atoms with van der Waals surface area (Å²) in [4.78, 5) is 27.5. The third-order valence-electron chi connectivity index (χ3n) is 0.470. The number of carbonyl (C=O) groups excluding carboxylic acids is 2. The van der Waals surface area contributed by atoms with Crippen LogP contribution in [0.15, 0.2) is 5.16 Å². The summed E-state index contributed by atoms with van der Waals surface area (Å²) in [7, 11) is 0. The number of nitrogens with zero attached hydrogens (tertiary/aromatic N) is 1. The summed E-state index contributed by atoms with van der Waals surface area (Å²) < 4.78 is 0. The summed E-state index contributed by atoms with van der Waals surface area (Å²) in [5.41, 5.74) is 4.67. The van der Waals surface area contributed by atoms with E-state index in [0.717, 1.165) is 0 Å². The zero-order valence-corrected chi connectivity index (χ0v) is 4.81. The van der Waals surface area contributed by atoms with E-state index in [9.17, 15) is 9.59 Å². The standard InChI is InChI=1S/C3H5N3O4/c4-1-6-10-3(8)2(7)9-5/h1H,5H2,(H2,4,6). The Morgan fingerprint density at radius 1 is 1.40 bits per heavy atom. The second-order valence-corrected chi connectivity index (χ2v) is 1.04. The van der Waals surface area contributed by atoms with Crippen molar-refractivity contribution in [2.45, 2.75) is 0 Å². The second-order valence-electron chi connectivity index (χ2n) is 1.04. The first-order valence-electron chi connectivity index (χ1n) is 2.08. The minimum atomic E-state index is -1.34. The van der Waals surface area contributed by atoms with Gasteiger partial charge >= 0.3 is 11.9 Å². The molecule has 0 rings (SSSR count). The predicted octanol–water partition coefficient (Wildman–Crippen LogP) is -2.15. The molecule has 0 fully saturated rings. The molecule has 0 spiro atoms. The van der Waals surface area contributed by atoms with E-state index in [2.05, 4.69) is 26.5 Å². The topological polar surface area (TPSA) is 117 Å². The van der Waals surface area contributed by atoms with Crippen LogP contribution in [0.3, 0.4) is 0 Å². The van der Waals surface area contributed by atoms with Crippen molar-refractivity contribution in [2.24, 2.45) is 16.8 Å². The molecule has 0 atom stereocenters. The van der Waals surface area contributed by atoms with E-state index in [4.69, 9.17) is 0 Å². The second kappa shape index (κ2) is 4.27. The fourth-order valence-electron chi connectivity index (χ4n) is 0.164. The molecule has 4 N–H and O–H groups in total. The maximum absolute atomic E-state index is 10.2. The maximum atomic E-state index is 10.2. The average Bonchev–Trinajstić information content (AvgIpc) is 1.98. The molecule has 0 aromatic carbocycles. The summed E-state index contributed by atoms with van der Waals surface area (Å²) in [5, 5.41) is 2.79. The number of nitrogens with two attached hydrogens (primary N) is 2. The number of rotatable bonds is 1. The van der Waals surface area contributed by atoms with Crippen LogP contribution in [0.4, 0.5) is 0 Å². The smallest absolute Gasteiger partial charge is 0.387 e. The predicted molar refractivity (Wildman–Crippen MR) is 29.1 cm³/mol. The lowest BCUT2D eigenvalue weighted by molar-refractivity contribution is -0.168. The van der Waals surface area contributed by atoms with Crippen molar-refractivity contribution in [1.29, 1.82) is 0 Å². The molecule has 10 heavy (non-hydrogen) atoms. The zero-order chi connectivity index (χ0) is 7.98. The molecule has 0 heterocycles. The Morgan fingerprint density at radius 3 is 2.40 bits per heavy atom. The molecule has 0 bridgehead atoms. The SMILES string of the molecule is NC=NOC(=O)C(=O)ON. The van der Waals surface area contributed by atoms with E-state index >= 15 is 0 Å². The van der Waals surface area contributed by atoms with Crippen LogP contribution in [-0.2, 0) is 19.3 Å². The van der Waals surface area contributed by atoms with Crippen molar-refractivity contribution < 1.29 is 19.3 Å². The van der Waals surface area contributed by atoms with Gasteiger partial charge in [0.2, 0.25) is 0 Å². The first kappa shape index (κ1) is 8.37. The molecule has 7 heteroatoms. The highest BCUT2D eigenvalue weighted by Gasteiger charge is 2.15. The number of carbonyl (C=O) groups is 2. The molecule has 0 aromatic rings. The monoisotopic (exact) mass is 147 g/mol. The summed E-state index contributed by atoms with van der Waals surface area (Å²) in [5.74, 6) is 1.64. The van der Waals surface area contributed by atoms with Crippen LogP contribution in [0.1, 0.15) is 0 Å². The molecule has 0 radical (unpaired) electrons. The van der Waals surface area contributed by atoms with Gasteiger partial charge in [0, 0.05) is 0 Å². The van der Waals surface area contributed by atoms with Gasteiger partial charge in [-0.3, -0.25) is 0 Å². The Kier molecular flexibility index (Phi) is 3.57. The van der Waals surface area contributed by atoms with Crippen LogP contribution in [0.5, 0.6) is 0 Å². The molecule has 0 saturated carbocycles. The van der Waals surface area contributed by atoms with Crippen LogP contribution >= 0.6 is 0 Å². The fraction of sp³-hybridized carbons (Fsp3) is 0. The Bertz CT molecular complexity index is 165. The molecule has 56 valence electrons. The van der Waals surface area contributed by atoms with Crippen molar-refractivity contribution in [3.05, 3.63) is 0 Å². The highest BCUT2D eigenvalue weighted by Crippen LogP contribution is 1.79. The molecule has 0 unspecified atom stereocenters. The molecule has 0 saturated heterocycles. The van der Waals surface area contributed by atoms with E-state index in [1.165, 1.54) is 0 Å². The van der Waals surface area contributed by atoms with Crippen LogP contribution in [0.25, 0.3) is 0 Å². The van der Waals surface area contributed by atoms with E-state index in [1.807, 2.05) is 0 Å². The van der Waals surface area contributed by atoms with Crippen LogP contribution in [-0.4, -0.2) is 18.3 Å². The minimum Gasteiger partial charge on any atom is -0.387 e. The van der Waals surface area contributed by atoms with Gasteiger partial charge in [0.1, 0.15) is 6.34 Å². The molecular formula is C3H5N3O4. The van der Waals surface area contributed by atoms with Crippen LogP contribution in [0, 0.1) is 0 Å². The van der Waals surface area contributed by atoms with E-state index in [0.29, 0.717) is 6.34 Å². The van der Waals surface area contributed by atoms with Crippen LogP contribution in [0.2, 0.25) is 0 Å². The van der Waals surface area contributed by atoms with Crippen molar-refractivity contribution in [3.8, 4) is 0 Å². The number of hydrogen-bond acceptors (Lipinski definition) is 6. The van der Waals surface area contributed by atoms with Gasteiger partial charge in [0.05, 0.1) is 0 Å². The average molecular weight is 147 g/mol. The lowest BCUT2D eigenvalue weighted by Gasteiger charge is -1.91. The van der Waals surface area contributed by atoms with Gasteiger partial charge in [-0.05, 0) is 0 Å². The summed E-state index contributed by atoms with van der Waals surface area (Å²) in [6.45, 7) is 0. The van der Waals surface area contributed by atoms with Gasteiger partial charge in [-0.15, -0.1) is 0 Å². The Morgan fingerprint density at radius 2 is 2.00 bits per heavy atom. The van der Waals surface area contributed by atoms with Gasteiger partial charge in [-0.2, -0.15) is 5.90 Å². The van der Waals surface area contributed by atoms with Gasteiger partial charge in [-0.25, -0.2) is 9.59 Å². The van der Waals surface area contributed by atoms with Gasteiger partial charge in [0.25, 0.3) is 0 Å². The highest BCUT2D eigenvalue weighted by molar-refractivity contribution is 6.29.